The number of nitrogens with zero attached hydrogens (tertiary/aromatic N) is 3. The van der Waals surface area contributed by atoms with Crippen LogP contribution >= 0.6 is 24.0 Å². The van der Waals surface area contributed by atoms with E-state index >= 15 is 0 Å². The number of ether oxygens (including phenoxy) is 2. The quantitative estimate of drug-likeness (QED) is 0.278. The van der Waals surface area contributed by atoms with Crippen molar-refractivity contribution in [1.29, 1.82) is 0 Å². The van der Waals surface area contributed by atoms with Crippen molar-refractivity contribution in [3.63, 3.8) is 0 Å². The summed E-state index contributed by atoms with van der Waals surface area (Å²) in [6, 6.07) is 9.47. The van der Waals surface area contributed by atoms with Crippen LogP contribution in [0.4, 0.5) is 4.39 Å². The van der Waals surface area contributed by atoms with Gasteiger partial charge in [0.2, 0.25) is 5.88 Å². The Kier molecular flexibility index (Phi) is 8.82. The minimum Gasteiger partial charge on any atom is -0.469 e. The van der Waals surface area contributed by atoms with Gasteiger partial charge in [0.15, 0.2) is 5.96 Å². The van der Waals surface area contributed by atoms with Crippen molar-refractivity contribution >= 4 is 35.9 Å². The third kappa shape index (κ3) is 6.04. The maximum absolute atomic E-state index is 13.0. The Labute approximate surface area is 192 Å². The summed E-state index contributed by atoms with van der Waals surface area (Å²) in [4.78, 5) is 22.5. The number of hydrogen-bond donors (Lipinski definition) is 1. The van der Waals surface area contributed by atoms with Crippen molar-refractivity contribution in [2.75, 3.05) is 27.2 Å². The number of nitrogens with one attached hydrogen (secondary N) is 1. The number of carbonyl (C=O) groups is 1. The fourth-order valence-corrected chi connectivity index (χ4v) is 3.35. The number of aromatic nitrogens is 1. The minimum atomic E-state index is -0.319. The van der Waals surface area contributed by atoms with Gasteiger partial charge in [-0.25, -0.2) is 9.37 Å². The van der Waals surface area contributed by atoms with Gasteiger partial charge in [0.1, 0.15) is 11.6 Å². The number of carbonyl (C=O) groups excluding carboxylic acids is 1. The molecule has 2 unspecified atom stereocenters. The Morgan fingerprint density at radius 2 is 2.03 bits per heavy atom. The molecule has 1 aromatic carbocycles. The number of methoxy groups -OCH3 is 1. The summed E-state index contributed by atoms with van der Waals surface area (Å²) in [6.45, 7) is 3.86. The maximum atomic E-state index is 13.0. The summed E-state index contributed by atoms with van der Waals surface area (Å²) in [7, 11) is 3.13. The van der Waals surface area contributed by atoms with Gasteiger partial charge in [0, 0.05) is 38.9 Å². The Balaban J connectivity index is 0.00000320. The van der Waals surface area contributed by atoms with E-state index in [9.17, 15) is 9.18 Å². The molecule has 0 bridgehead atoms. The van der Waals surface area contributed by atoms with Crippen LogP contribution in [0.25, 0.3) is 0 Å². The van der Waals surface area contributed by atoms with Crippen LogP contribution in [0, 0.1) is 17.7 Å². The van der Waals surface area contributed by atoms with Gasteiger partial charge in [0.05, 0.1) is 13.0 Å². The van der Waals surface area contributed by atoms with E-state index in [0.717, 1.165) is 18.1 Å². The van der Waals surface area contributed by atoms with E-state index in [1.54, 1.807) is 25.4 Å². The molecule has 0 saturated carbocycles. The fourth-order valence-electron chi connectivity index (χ4n) is 3.35. The molecule has 0 radical (unpaired) electrons. The molecule has 30 heavy (non-hydrogen) atoms. The molecular formula is C21H26FIN4O3. The van der Waals surface area contributed by atoms with Crippen molar-refractivity contribution in [3.05, 3.63) is 54.0 Å². The average Bonchev–Trinajstić information content (AvgIpc) is 3.11. The highest BCUT2D eigenvalue weighted by Gasteiger charge is 2.36. The molecule has 7 nitrogen and oxygen atoms in total. The topological polar surface area (TPSA) is 76.1 Å². The Morgan fingerprint density at radius 3 is 2.70 bits per heavy atom. The summed E-state index contributed by atoms with van der Waals surface area (Å²) in [5, 5.41) is 3.32. The molecule has 1 aromatic heterocycles. The molecule has 2 atom stereocenters. The molecule has 9 heteroatoms. The molecule has 1 saturated heterocycles. The van der Waals surface area contributed by atoms with Crippen molar-refractivity contribution in [2.24, 2.45) is 16.8 Å². The van der Waals surface area contributed by atoms with Crippen LogP contribution in [0.5, 0.6) is 11.6 Å². The highest BCUT2D eigenvalue weighted by atomic mass is 127. The van der Waals surface area contributed by atoms with Crippen molar-refractivity contribution in [2.45, 2.75) is 13.5 Å². The molecular weight excluding hydrogens is 502 g/mol. The van der Waals surface area contributed by atoms with Gasteiger partial charge >= 0.3 is 5.97 Å². The van der Waals surface area contributed by atoms with Crippen LogP contribution in [0.3, 0.4) is 0 Å². The zero-order chi connectivity index (χ0) is 20.8. The molecule has 1 N–H and O–H groups in total. The third-order valence-electron chi connectivity index (χ3n) is 4.91. The van der Waals surface area contributed by atoms with Crippen molar-refractivity contribution in [1.82, 2.24) is 15.2 Å². The standard InChI is InChI=1S/C21H25FN4O3.HI/c1-14-12-26(13-18(14)20(27)28-3)21(23-2)25-11-15-8-9-24-19(10-15)29-17-6-4-16(22)5-7-17;/h4-10,14,18H,11-13H2,1-3H3,(H,23,25);1H. The van der Waals surface area contributed by atoms with E-state index in [2.05, 4.69) is 20.2 Å². The second kappa shape index (κ2) is 11.1. The number of guanidine groups is 1. The monoisotopic (exact) mass is 528 g/mol. The van der Waals surface area contributed by atoms with E-state index in [4.69, 9.17) is 9.47 Å². The summed E-state index contributed by atoms with van der Waals surface area (Å²) < 4.78 is 23.6. The predicted octanol–water partition coefficient (Wildman–Crippen LogP) is 3.45. The van der Waals surface area contributed by atoms with Gasteiger partial charge in [-0.3, -0.25) is 9.79 Å². The lowest BCUT2D eigenvalue weighted by atomic mass is 9.99. The highest BCUT2D eigenvalue weighted by molar-refractivity contribution is 14.0. The lowest BCUT2D eigenvalue weighted by Crippen LogP contribution is -2.40. The predicted molar refractivity (Wildman–Crippen MR) is 123 cm³/mol. The molecule has 0 aliphatic carbocycles. The Bertz CT molecular complexity index is 879. The lowest BCUT2D eigenvalue weighted by Gasteiger charge is -2.21. The smallest absolute Gasteiger partial charge is 0.310 e. The largest absolute Gasteiger partial charge is 0.469 e. The van der Waals surface area contributed by atoms with Crippen LogP contribution < -0.4 is 10.1 Å². The normalized spacial score (nSPS) is 18.5. The van der Waals surface area contributed by atoms with Crippen molar-refractivity contribution in [3.8, 4) is 11.6 Å². The minimum absolute atomic E-state index is 0. The van der Waals surface area contributed by atoms with E-state index in [0.29, 0.717) is 24.7 Å². The summed E-state index contributed by atoms with van der Waals surface area (Å²) >= 11 is 0. The van der Waals surface area contributed by atoms with E-state index < -0.39 is 0 Å². The molecule has 0 amide bonds. The molecule has 2 aromatic rings. The SMILES string of the molecule is CN=C(NCc1ccnc(Oc2ccc(F)cc2)c1)N1CC(C)C(C(=O)OC)C1.I. The fraction of sp³-hybridized carbons (Fsp3) is 0.381. The maximum Gasteiger partial charge on any atom is 0.310 e. The summed E-state index contributed by atoms with van der Waals surface area (Å²) in [5.41, 5.74) is 0.954. The van der Waals surface area contributed by atoms with E-state index in [-0.39, 0.29) is 47.6 Å². The summed E-state index contributed by atoms with van der Waals surface area (Å²) in [6.07, 6.45) is 1.66. The first-order valence-corrected chi connectivity index (χ1v) is 9.42. The number of hydrogen-bond acceptors (Lipinski definition) is 5. The van der Waals surface area contributed by atoms with Crippen LogP contribution in [-0.2, 0) is 16.1 Å². The average molecular weight is 528 g/mol. The van der Waals surface area contributed by atoms with Gasteiger partial charge in [-0.05, 0) is 41.8 Å². The van der Waals surface area contributed by atoms with Crippen LogP contribution in [0.15, 0.2) is 47.6 Å². The number of rotatable bonds is 5. The van der Waals surface area contributed by atoms with Gasteiger partial charge < -0.3 is 19.7 Å². The van der Waals surface area contributed by atoms with E-state index in [1.807, 2.05) is 19.1 Å². The van der Waals surface area contributed by atoms with Gasteiger partial charge in [-0.15, -0.1) is 24.0 Å². The molecule has 1 aliphatic rings. The van der Waals surface area contributed by atoms with Crippen LogP contribution in [0.2, 0.25) is 0 Å². The van der Waals surface area contributed by atoms with Gasteiger partial charge in [-0.1, -0.05) is 6.92 Å². The number of halogens is 2. The Morgan fingerprint density at radius 1 is 1.30 bits per heavy atom. The first-order valence-electron chi connectivity index (χ1n) is 9.42. The summed E-state index contributed by atoms with van der Waals surface area (Å²) in [5.74, 6) is 1.19. The second-order valence-electron chi connectivity index (χ2n) is 6.97. The molecule has 0 spiro atoms. The first-order chi connectivity index (χ1) is 14.0. The highest BCUT2D eigenvalue weighted by Crippen LogP contribution is 2.24. The molecule has 2 heterocycles. The number of likely N-dealkylation sites (tertiary alicyclic amines) is 1. The molecule has 1 aliphatic heterocycles. The molecule has 1 fully saturated rings. The third-order valence-corrected chi connectivity index (χ3v) is 4.91. The number of pyridine rings is 1. The van der Waals surface area contributed by atoms with Crippen molar-refractivity contribution < 1.29 is 18.7 Å². The van der Waals surface area contributed by atoms with Gasteiger partial charge in [-0.2, -0.15) is 0 Å². The van der Waals surface area contributed by atoms with Gasteiger partial charge in [0.25, 0.3) is 0 Å². The zero-order valence-electron chi connectivity index (χ0n) is 17.2. The number of benzene rings is 1. The Hall–Kier alpha value is -2.43. The van der Waals surface area contributed by atoms with Crippen LogP contribution in [0.1, 0.15) is 12.5 Å². The first kappa shape index (κ1) is 23.8. The van der Waals surface area contributed by atoms with E-state index in [1.165, 1.54) is 19.2 Å². The molecule has 3 rings (SSSR count). The number of esters is 1. The lowest BCUT2D eigenvalue weighted by molar-refractivity contribution is -0.145. The molecule has 162 valence electrons. The van der Waals surface area contributed by atoms with Crippen LogP contribution in [-0.4, -0.2) is 49.1 Å². The second-order valence-corrected chi connectivity index (χ2v) is 6.97. The number of aliphatic imine (C=N–C) groups is 1. The zero-order valence-corrected chi connectivity index (χ0v) is 19.5.